The minimum Gasteiger partial charge on any atom is -0.379 e. The Labute approximate surface area is 116 Å². The van der Waals surface area contributed by atoms with E-state index in [4.69, 9.17) is 21.1 Å². The lowest BCUT2D eigenvalue weighted by molar-refractivity contribution is -0.0138. The summed E-state index contributed by atoms with van der Waals surface area (Å²) < 4.78 is 12.6. The molecule has 2 heterocycles. The van der Waals surface area contributed by atoms with Gasteiger partial charge in [0.25, 0.3) is 0 Å². The van der Waals surface area contributed by atoms with Crippen molar-refractivity contribution in [3.63, 3.8) is 0 Å². The van der Waals surface area contributed by atoms with E-state index in [1.165, 1.54) is 0 Å². The fourth-order valence-corrected chi connectivity index (χ4v) is 1.87. The SMILES string of the molecule is CCOCC(C)OCc1nc(Cl)c2cnn(C)c2n1. The highest BCUT2D eigenvalue weighted by Gasteiger charge is 2.11. The van der Waals surface area contributed by atoms with Crippen molar-refractivity contribution < 1.29 is 9.47 Å². The molecule has 1 atom stereocenters. The summed E-state index contributed by atoms with van der Waals surface area (Å²) >= 11 is 6.09. The first-order chi connectivity index (χ1) is 9.11. The van der Waals surface area contributed by atoms with Gasteiger partial charge in [0.1, 0.15) is 11.8 Å². The molecule has 1 unspecified atom stereocenters. The molecular weight excluding hydrogens is 268 g/mol. The Hall–Kier alpha value is -1.24. The van der Waals surface area contributed by atoms with Crippen molar-refractivity contribution in [2.24, 2.45) is 7.05 Å². The molecule has 2 aromatic rings. The smallest absolute Gasteiger partial charge is 0.162 e. The summed E-state index contributed by atoms with van der Waals surface area (Å²) in [5, 5.41) is 5.25. The molecule has 0 spiro atoms. The van der Waals surface area contributed by atoms with E-state index in [1.54, 1.807) is 10.9 Å². The largest absolute Gasteiger partial charge is 0.379 e. The van der Waals surface area contributed by atoms with Crippen LogP contribution in [-0.2, 0) is 23.1 Å². The summed E-state index contributed by atoms with van der Waals surface area (Å²) in [6.07, 6.45) is 1.64. The van der Waals surface area contributed by atoms with Gasteiger partial charge >= 0.3 is 0 Å². The topological polar surface area (TPSA) is 62.1 Å². The molecule has 0 aliphatic heterocycles. The summed E-state index contributed by atoms with van der Waals surface area (Å²) in [6.45, 7) is 5.43. The highest BCUT2D eigenvalue weighted by molar-refractivity contribution is 6.33. The van der Waals surface area contributed by atoms with E-state index in [0.717, 1.165) is 5.39 Å². The second-order valence-electron chi connectivity index (χ2n) is 4.22. The standard InChI is InChI=1S/C12H17ClN4O2/c1-4-18-6-8(2)19-7-10-15-11(13)9-5-14-17(3)12(9)16-10/h5,8H,4,6-7H2,1-3H3. The lowest BCUT2D eigenvalue weighted by atomic mass is 10.4. The van der Waals surface area contributed by atoms with Crippen LogP contribution in [-0.4, -0.2) is 39.1 Å². The summed E-state index contributed by atoms with van der Waals surface area (Å²) in [7, 11) is 1.81. The molecule has 19 heavy (non-hydrogen) atoms. The molecule has 2 rings (SSSR count). The van der Waals surface area contributed by atoms with Gasteiger partial charge in [-0.25, -0.2) is 9.97 Å². The van der Waals surface area contributed by atoms with E-state index in [1.807, 2.05) is 20.9 Å². The van der Waals surface area contributed by atoms with Gasteiger partial charge in [-0.05, 0) is 13.8 Å². The maximum absolute atomic E-state index is 6.09. The third kappa shape index (κ3) is 3.40. The number of aryl methyl sites for hydroxylation is 1. The van der Waals surface area contributed by atoms with Gasteiger partial charge in [-0.2, -0.15) is 5.10 Å². The van der Waals surface area contributed by atoms with Crippen molar-refractivity contribution in [2.45, 2.75) is 26.6 Å². The molecule has 0 radical (unpaired) electrons. The molecule has 0 amide bonds. The number of fused-ring (bicyclic) bond motifs is 1. The third-order valence-corrected chi connectivity index (χ3v) is 2.93. The zero-order valence-corrected chi connectivity index (χ0v) is 12.0. The quantitative estimate of drug-likeness (QED) is 0.759. The molecule has 0 aliphatic rings. The molecule has 0 fully saturated rings. The molecule has 7 heteroatoms. The fourth-order valence-electron chi connectivity index (χ4n) is 1.64. The number of hydrogen-bond acceptors (Lipinski definition) is 5. The summed E-state index contributed by atoms with van der Waals surface area (Å²) in [5.74, 6) is 0.546. The summed E-state index contributed by atoms with van der Waals surface area (Å²) in [6, 6.07) is 0. The van der Waals surface area contributed by atoms with Crippen LogP contribution in [0.4, 0.5) is 0 Å². The maximum atomic E-state index is 6.09. The van der Waals surface area contributed by atoms with E-state index in [2.05, 4.69) is 15.1 Å². The minimum absolute atomic E-state index is 0.00967. The average molecular weight is 285 g/mol. The summed E-state index contributed by atoms with van der Waals surface area (Å²) in [4.78, 5) is 8.59. The van der Waals surface area contributed by atoms with Gasteiger partial charge in [-0.15, -0.1) is 0 Å². The zero-order chi connectivity index (χ0) is 13.8. The van der Waals surface area contributed by atoms with E-state index >= 15 is 0 Å². The van der Waals surface area contributed by atoms with Crippen molar-refractivity contribution in [2.75, 3.05) is 13.2 Å². The summed E-state index contributed by atoms with van der Waals surface area (Å²) in [5.41, 5.74) is 0.705. The van der Waals surface area contributed by atoms with E-state index in [0.29, 0.717) is 36.4 Å². The van der Waals surface area contributed by atoms with Crippen LogP contribution < -0.4 is 0 Å². The predicted molar refractivity (Wildman–Crippen MR) is 72.1 cm³/mol. The number of nitrogens with zero attached hydrogens (tertiary/aromatic N) is 4. The monoisotopic (exact) mass is 284 g/mol. The van der Waals surface area contributed by atoms with Crippen molar-refractivity contribution in [3.05, 3.63) is 17.2 Å². The van der Waals surface area contributed by atoms with Gasteiger partial charge in [0.05, 0.1) is 24.3 Å². The fraction of sp³-hybridized carbons (Fsp3) is 0.583. The minimum atomic E-state index is -0.00967. The van der Waals surface area contributed by atoms with Gasteiger partial charge in [0.15, 0.2) is 11.5 Å². The van der Waals surface area contributed by atoms with Crippen LogP contribution in [0.2, 0.25) is 5.15 Å². The second-order valence-corrected chi connectivity index (χ2v) is 4.58. The Morgan fingerprint density at radius 3 is 2.95 bits per heavy atom. The molecule has 6 nitrogen and oxygen atoms in total. The van der Waals surface area contributed by atoms with Crippen LogP contribution in [0.3, 0.4) is 0 Å². The highest BCUT2D eigenvalue weighted by Crippen LogP contribution is 2.19. The molecule has 0 saturated carbocycles. The van der Waals surface area contributed by atoms with Crippen LogP contribution in [0.25, 0.3) is 11.0 Å². The number of aromatic nitrogens is 4. The number of hydrogen-bond donors (Lipinski definition) is 0. The molecule has 2 aromatic heterocycles. The molecule has 0 N–H and O–H groups in total. The van der Waals surface area contributed by atoms with Crippen molar-refractivity contribution >= 4 is 22.6 Å². The van der Waals surface area contributed by atoms with Crippen LogP contribution in [0.15, 0.2) is 6.20 Å². The Bertz CT molecular complexity index is 558. The van der Waals surface area contributed by atoms with E-state index < -0.39 is 0 Å². The number of ether oxygens (including phenoxy) is 2. The van der Waals surface area contributed by atoms with Crippen molar-refractivity contribution in [1.82, 2.24) is 19.7 Å². The number of rotatable bonds is 6. The number of halogens is 1. The maximum Gasteiger partial charge on any atom is 0.162 e. The predicted octanol–water partition coefficient (Wildman–Crippen LogP) is 1.96. The van der Waals surface area contributed by atoms with Crippen molar-refractivity contribution in [3.8, 4) is 0 Å². The van der Waals surface area contributed by atoms with Crippen molar-refractivity contribution in [1.29, 1.82) is 0 Å². The van der Waals surface area contributed by atoms with Crippen LogP contribution in [0.1, 0.15) is 19.7 Å². The van der Waals surface area contributed by atoms with Gasteiger partial charge in [-0.1, -0.05) is 11.6 Å². The first kappa shape index (κ1) is 14.2. The average Bonchev–Trinajstić information content (AvgIpc) is 2.76. The molecule has 0 saturated heterocycles. The van der Waals surface area contributed by atoms with Gasteiger partial charge in [0, 0.05) is 13.7 Å². The lowest BCUT2D eigenvalue weighted by Crippen LogP contribution is -2.16. The Kier molecular flexibility index (Phi) is 4.68. The molecule has 0 aliphatic carbocycles. The molecule has 0 aromatic carbocycles. The molecule has 0 bridgehead atoms. The lowest BCUT2D eigenvalue weighted by Gasteiger charge is -2.12. The van der Waals surface area contributed by atoms with Gasteiger partial charge in [-0.3, -0.25) is 4.68 Å². The Balaban J connectivity index is 2.06. The van der Waals surface area contributed by atoms with E-state index in [-0.39, 0.29) is 6.10 Å². The second kappa shape index (κ2) is 6.27. The first-order valence-electron chi connectivity index (χ1n) is 6.15. The Morgan fingerprint density at radius 1 is 1.42 bits per heavy atom. The molecular formula is C12H17ClN4O2. The van der Waals surface area contributed by atoms with Crippen LogP contribution in [0, 0.1) is 0 Å². The Morgan fingerprint density at radius 2 is 2.21 bits per heavy atom. The first-order valence-corrected chi connectivity index (χ1v) is 6.53. The van der Waals surface area contributed by atoms with Crippen LogP contribution in [0.5, 0.6) is 0 Å². The normalized spacial score (nSPS) is 13.1. The zero-order valence-electron chi connectivity index (χ0n) is 11.3. The third-order valence-electron chi connectivity index (χ3n) is 2.65. The van der Waals surface area contributed by atoms with Gasteiger partial charge < -0.3 is 9.47 Å². The highest BCUT2D eigenvalue weighted by atomic mass is 35.5. The van der Waals surface area contributed by atoms with Crippen LogP contribution >= 0.6 is 11.6 Å². The van der Waals surface area contributed by atoms with Gasteiger partial charge in [0.2, 0.25) is 0 Å². The molecule has 104 valence electrons. The van der Waals surface area contributed by atoms with E-state index in [9.17, 15) is 0 Å².